The number of aromatic hydroxyl groups is 1. The van der Waals surface area contributed by atoms with Gasteiger partial charge in [0, 0.05) is 23.6 Å². The van der Waals surface area contributed by atoms with Crippen LogP contribution in [0, 0.1) is 5.92 Å². The lowest BCUT2D eigenvalue weighted by Crippen LogP contribution is -2.19. The molecule has 42 heavy (non-hydrogen) atoms. The fourth-order valence-corrected chi connectivity index (χ4v) is 6.76. The van der Waals surface area contributed by atoms with E-state index >= 15 is 0 Å². The van der Waals surface area contributed by atoms with E-state index in [1.807, 2.05) is 36.4 Å². The van der Waals surface area contributed by atoms with Gasteiger partial charge in [-0.2, -0.15) is 10.2 Å². The van der Waals surface area contributed by atoms with Gasteiger partial charge >= 0.3 is 5.63 Å². The molecule has 0 amide bonds. The topological polar surface area (TPSA) is 121 Å². The molecule has 4 aromatic rings. The van der Waals surface area contributed by atoms with Crippen molar-refractivity contribution < 1.29 is 17.9 Å². The zero-order valence-corrected chi connectivity index (χ0v) is 24.0. The van der Waals surface area contributed by atoms with Gasteiger partial charge in [-0.1, -0.05) is 43.2 Å². The average molecular weight is 584 g/mol. The maximum absolute atomic E-state index is 13.3. The number of fused-ring (bicyclic) bond motifs is 1. The van der Waals surface area contributed by atoms with E-state index in [2.05, 4.69) is 15.0 Å². The second-order valence-electron chi connectivity index (χ2n) is 11.0. The quantitative estimate of drug-likeness (QED) is 0.205. The van der Waals surface area contributed by atoms with E-state index in [0.29, 0.717) is 35.7 Å². The number of anilines is 1. The lowest BCUT2D eigenvalue weighted by molar-refractivity contribution is 0.382. The first-order valence-corrected chi connectivity index (χ1v) is 15.9. The normalized spacial score (nSPS) is 16.4. The van der Waals surface area contributed by atoms with Crippen LogP contribution in [0.3, 0.4) is 0 Å². The van der Waals surface area contributed by atoms with Gasteiger partial charge in [0.2, 0.25) is 0 Å². The first kappa shape index (κ1) is 27.9. The number of hydrogen-bond donors (Lipinski definition) is 2. The van der Waals surface area contributed by atoms with E-state index < -0.39 is 15.6 Å². The van der Waals surface area contributed by atoms with Crippen molar-refractivity contribution in [2.24, 2.45) is 16.1 Å². The van der Waals surface area contributed by atoms with Gasteiger partial charge in [-0.3, -0.25) is 4.72 Å². The van der Waals surface area contributed by atoms with Crippen LogP contribution in [0.4, 0.5) is 17.1 Å². The summed E-state index contributed by atoms with van der Waals surface area (Å²) in [6.07, 6.45) is 7.22. The monoisotopic (exact) mass is 583 g/mol. The minimum atomic E-state index is -3.90. The van der Waals surface area contributed by atoms with E-state index in [0.717, 1.165) is 49.7 Å². The van der Waals surface area contributed by atoms with Crippen molar-refractivity contribution in [1.82, 2.24) is 0 Å². The summed E-state index contributed by atoms with van der Waals surface area (Å²) in [6, 6.07) is 22.5. The molecule has 1 fully saturated rings. The fourth-order valence-electron chi connectivity index (χ4n) is 5.71. The van der Waals surface area contributed by atoms with Crippen LogP contribution in [0.2, 0.25) is 0 Å². The molecule has 8 nitrogen and oxygen atoms in total. The first-order valence-electron chi connectivity index (χ1n) is 14.5. The summed E-state index contributed by atoms with van der Waals surface area (Å²) >= 11 is 0. The molecule has 0 saturated heterocycles. The molecule has 1 heterocycles. The Labute approximate surface area is 245 Å². The minimum Gasteiger partial charge on any atom is -0.507 e. The zero-order chi connectivity index (χ0) is 29.1. The summed E-state index contributed by atoms with van der Waals surface area (Å²) in [5, 5.41) is 19.7. The predicted octanol–water partition coefficient (Wildman–Crippen LogP) is 7.76. The number of benzene rings is 3. The Kier molecular flexibility index (Phi) is 7.93. The third-order valence-corrected chi connectivity index (χ3v) is 9.38. The Morgan fingerprint density at radius 3 is 2.24 bits per heavy atom. The van der Waals surface area contributed by atoms with E-state index in [4.69, 9.17) is 4.42 Å². The Morgan fingerprint density at radius 2 is 1.52 bits per heavy atom. The maximum atomic E-state index is 13.3. The summed E-state index contributed by atoms with van der Waals surface area (Å²) in [5.74, 6) is 0.450. The van der Waals surface area contributed by atoms with Crippen molar-refractivity contribution >= 4 is 27.1 Å². The van der Waals surface area contributed by atoms with Gasteiger partial charge < -0.3 is 9.52 Å². The highest BCUT2D eigenvalue weighted by Gasteiger charge is 2.38. The van der Waals surface area contributed by atoms with E-state index in [1.54, 1.807) is 30.3 Å². The fraction of sp³-hybridized carbons (Fsp3) is 0.303. The van der Waals surface area contributed by atoms with Crippen LogP contribution in [-0.4, -0.2) is 13.5 Å². The van der Waals surface area contributed by atoms with Crippen molar-refractivity contribution in [3.8, 4) is 5.75 Å². The van der Waals surface area contributed by atoms with Crippen molar-refractivity contribution in [1.29, 1.82) is 0 Å². The molecule has 1 atom stereocenters. The standard InChI is InChI=1S/C33H33N3O5S/c37-32-28-13-6-1-2-7-14-29(28)41-33(38)31(32)30(22-15-16-22)23-9-8-12-26(21-23)36-42(39,40)27-19-17-25(18-20-27)35-34-24-10-4-3-5-11-24/h3-5,8-12,17-22,30,36-37H,1-2,6-7,13-16H2/b35-34+. The van der Waals surface area contributed by atoms with Crippen LogP contribution in [0.15, 0.2) is 103 Å². The van der Waals surface area contributed by atoms with Crippen molar-refractivity contribution in [3.05, 3.63) is 112 Å². The molecule has 1 saturated carbocycles. The number of sulfonamides is 1. The van der Waals surface area contributed by atoms with Gasteiger partial charge in [-0.15, -0.1) is 0 Å². The molecule has 2 aliphatic carbocycles. The zero-order valence-electron chi connectivity index (χ0n) is 23.2. The number of hydrogen-bond acceptors (Lipinski definition) is 7. The molecule has 0 radical (unpaired) electrons. The van der Waals surface area contributed by atoms with Crippen molar-refractivity contribution in [3.63, 3.8) is 0 Å². The van der Waals surface area contributed by atoms with Crippen LogP contribution in [-0.2, 0) is 22.9 Å². The minimum absolute atomic E-state index is 0.0514. The van der Waals surface area contributed by atoms with Crippen LogP contribution < -0.4 is 10.3 Å². The Balaban J connectivity index is 1.26. The molecule has 0 bridgehead atoms. The van der Waals surface area contributed by atoms with Gasteiger partial charge in [-0.25, -0.2) is 13.2 Å². The lowest BCUT2D eigenvalue weighted by Gasteiger charge is -2.22. The molecule has 2 N–H and O–H groups in total. The van der Waals surface area contributed by atoms with Gasteiger partial charge in [0.15, 0.2) is 0 Å². The Morgan fingerprint density at radius 1 is 0.833 bits per heavy atom. The summed E-state index contributed by atoms with van der Waals surface area (Å²) in [7, 11) is -3.90. The summed E-state index contributed by atoms with van der Waals surface area (Å²) < 4.78 is 35.0. The van der Waals surface area contributed by atoms with Crippen LogP contribution in [0.1, 0.15) is 66.9 Å². The number of rotatable bonds is 8. The highest BCUT2D eigenvalue weighted by atomic mass is 32.2. The van der Waals surface area contributed by atoms with E-state index in [9.17, 15) is 18.3 Å². The molecule has 3 aromatic carbocycles. The van der Waals surface area contributed by atoms with Crippen LogP contribution in [0.25, 0.3) is 0 Å². The SMILES string of the molecule is O=c1oc2c(c(O)c1C(c1cccc(NS(=O)(=O)c3ccc(/N=N/c4ccccc4)cc3)c1)C1CC1)CCCCCC2. The molecule has 2 aliphatic rings. The molecule has 0 aliphatic heterocycles. The van der Waals surface area contributed by atoms with Gasteiger partial charge in [0.1, 0.15) is 11.5 Å². The van der Waals surface area contributed by atoms with Gasteiger partial charge in [0.25, 0.3) is 10.0 Å². The predicted molar refractivity (Wildman–Crippen MR) is 161 cm³/mol. The Hall–Kier alpha value is -4.24. The smallest absolute Gasteiger partial charge is 0.343 e. The van der Waals surface area contributed by atoms with E-state index in [1.165, 1.54) is 12.1 Å². The number of azo groups is 1. The molecule has 1 unspecified atom stereocenters. The number of nitrogens with one attached hydrogen (secondary N) is 1. The molecule has 216 valence electrons. The third kappa shape index (κ3) is 6.16. The molecule has 6 rings (SSSR count). The van der Waals surface area contributed by atoms with Gasteiger partial charge in [0.05, 0.1) is 21.8 Å². The summed E-state index contributed by atoms with van der Waals surface area (Å²) in [4.78, 5) is 13.3. The molecule has 0 spiro atoms. The summed E-state index contributed by atoms with van der Waals surface area (Å²) in [5.41, 5.74) is 2.91. The Bertz CT molecular complexity index is 1760. The third-order valence-electron chi connectivity index (χ3n) is 7.98. The number of nitrogens with zero attached hydrogens (tertiary/aromatic N) is 2. The van der Waals surface area contributed by atoms with Crippen LogP contribution in [0.5, 0.6) is 5.75 Å². The second kappa shape index (κ2) is 11.9. The number of aryl methyl sites for hydroxylation is 1. The average Bonchev–Trinajstić information content (AvgIpc) is 3.81. The van der Waals surface area contributed by atoms with Crippen molar-refractivity contribution in [2.75, 3.05) is 4.72 Å². The molecule has 1 aromatic heterocycles. The molecular formula is C33H33N3O5S. The highest BCUT2D eigenvalue weighted by molar-refractivity contribution is 7.92. The van der Waals surface area contributed by atoms with E-state index in [-0.39, 0.29) is 28.0 Å². The van der Waals surface area contributed by atoms with Gasteiger partial charge in [-0.05, 0) is 92.1 Å². The first-order chi connectivity index (χ1) is 20.4. The molecule has 9 heteroatoms. The highest BCUT2D eigenvalue weighted by Crippen LogP contribution is 2.49. The molecular weight excluding hydrogens is 550 g/mol. The second-order valence-corrected chi connectivity index (χ2v) is 12.7. The largest absolute Gasteiger partial charge is 0.507 e. The maximum Gasteiger partial charge on any atom is 0.343 e. The summed E-state index contributed by atoms with van der Waals surface area (Å²) in [6.45, 7) is 0. The van der Waals surface area contributed by atoms with Crippen molar-refractivity contribution in [2.45, 2.75) is 62.2 Å². The lowest BCUT2D eigenvalue weighted by atomic mass is 9.85. The van der Waals surface area contributed by atoms with Crippen LogP contribution >= 0.6 is 0 Å².